The predicted octanol–water partition coefficient (Wildman–Crippen LogP) is 4.52. The number of aliphatic hydroxyl groups is 1. The van der Waals surface area contributed by atoms with Crippen molar-refractivity contribution < 1.29 is 14.6 Å². The predicted molar refractivity (Wildman–Crippen MR) is 125 cm³/mol. The van der Waals surface area contributed by atoms with Crippen LogP contribution in [0.5, 0.6) is 0 Å². The fraction of sp³-hybridized carbons (Fsp3) is 0.800. The van der Waals surface area contributed by atoms with Gasteiger partial charge in [-0.2, -0.15) is 0 Å². The Kier molecular flexibility index (Phi) is 13.0. The third-order valence-electron chi connectivity index (χ3n) is 6.30. The van der Waals surface area contributed by atoms with Gasteiger partial charge in [0.15, 0.2) is 0 Å². The zero-order valence-electron chi connectivity index (χ0n) is 20.2. The van der Waals surface area contributed by atoms with Gasteiger partial charge in [0.1, 0.15) is 12.4 Å². The number of ether oxygens (including phenoxy) is 1. The summed E-state index contributed by atoms with van der Waals surface area (Å²) in [5.74, 6) is 2.05. The molecule has 1 aliphatic rings. The van der Waals surface area contributed by atoms with Crippen LogP contribution in [0.15, 0.2) is 24.0 Å². The second-order valence-electron chi connectivity index (χ2n) is 8.78. The maximum absolute atomic E-state index is 12.6. The summed E-state index contributed by atoms with van der Waals surface area (Å²) in [5, 5.41) is 12.2. The molecule has 174 valence electrons. The molecule has 0 aromatic heterocycles. The van der Waals surface area contributed by atoms with Crippen LogP contribution in [0.4, 0.5) is 0 Å². The van der Waals surface area contributed by atoms with Gasteiger partial charge in [0.05, 0.1) is 6.61 Å². The summed E-state index contributed by atoms with van der Waals surface area (Å²) in [5.41, 5.74) is 0. The maximum atomic E-state index is 12.6. The fourth-order valence-electron chi connectivity index (χ4n) is 4.46. The minimum absolute atomic E-state index is 0.0371. The van der Waals surface area contributed by atoms with E-state index in [0.717, 1.165) is 51.0 Å². The van der Waals surface area contributed by atoms with Gasteiger partial charge in [-0.3, -0.25) is 4.79 Å². The number of hydrogen-bond donors (Lipinski definition) is 2. The zero-order chi connectivity index (χ0) is 22.5. The first-order valence-corrected chi connectivity index (χ1v) is 12.1. The second kappa shape index (κ2) is 14.6. The molecule has 1 amide bonds. The summed E-state index contributed by atoms with van der Waals surface area (Å²) in [6, 6.07) is 0.598. The van der Waals surface area contributed by atoms with Gasteiger partial charge in [0.2, 0.25) is 5.91 Å². The molecule has 0 saturated heterocycles. The maximum Gasteiger partial charge on any atom is 0.223 e. The Bertz CT molecular complexity index is 541. The van der Waals surface area contributed by atoms with Gasteiger partial charge >= 0.3 is 0 Å². The number of nitrogens with zero attached hydrogens (tertiary/aromatic N) is 1. The molecule has 4 atom stereocenters. The highest BCUT2D eigenvalue weighted by molar-refractivity contribution is 5.78. The van der Waals surface area contributed by atoms with Crippen LogP contribution in [0.2, 0.25) is 0 Å². The summed E-state index contributed by atoms with van der Waals surface area (Å²) in [4.78, 5) is 15.1. The number of nitrogens with one attached hydrogen (secondary N) is 1. The number of hydrogen-bond acceptors (Lipinski definition) is 4. The Balaban J connectivity index is 2.56. The zero-order valence-corrected chi connectivity index (χ0v) is 20.2. The van der Waals surface area contributed by atoms with Crippen molar-refractivity contribution in [2.24, 2.45) is 17.8 Å². The number of allylic oxidation sites excluding steroid dienone is 2. The Hall–Kier alpha value is -1.33. The molecular formula is C25H46N2O3. The summed E-state index contributed by atoms with van der Waals surface area (Å²) in [6.45, 7) is 15.5. The summed E-state index contributed by atoms with van der Waals surface area (Å²) >= 11 is 0. The third-order valence-corrected chi connectivity index (χ3v) is 6.30. The van der Waals surface area contributed by atoms with E-state index in [1.54, 1.807) is 0 Å². The second-order valence-corrected chi connectivity index (χ2v) is 8.78. The van der Waals surface area contributed by atoms with E-state index < -0.39 is 0 Å². The fourth-order valence-corrected chi connectivity index (χ4v) is 4.46. The van der Waals surface area contributed by atoms with Crippen molar-refractivity contribution in [3.8, 4) is 0 Å². The van der Waals surface area contributed by atoms with E-state index in [2.05, 4.69) is 63.9 Å². The Labute approximate surface area is 184 Å². The average Bonchev–Trinajstić information content (AvgIpc) is 2.72. The highest BCUT2D eigenvalue weighted by Gasteiger charge is 2.27. The number of rotatable bonds is 15. The van der Waals surface area contributed by atoms with Crippen LogP contribution in [-0.4, -0.2) is 54.3 Å². The number of amides is 1. The number of carbonyl (C=O) groups is 1. The molecule has 0 aromatic carbocycles. The molecule has 0 heterocycles. The van der Waals surface area contributed by atoms with Crippen molar-refractivity contribution in [3.63, 3.8) is 0 Å². The standard InChI is InChI=1S/C25H46N2O3/c1-7-10-22(11-8-2)25(29)26-20(5)14-15-27(9-3)21(6)24-13-12-23(18-19(24)4)30-17-16-28/h12-13,18-22,24,28H,7-11,14-17H2,1-6H3,(H,26,29). The van der Waals surface area contributed by atoms with Crippen molar-refractivity contribution in [3.05, 3.63) is 24.0 Å². The SMILES string of the molecule is CCCC(CCC)C(=O)NC(C)CCN(CC)C(C)C1C=CC(OCCO)=CC1C. The summed E-state index contributed by atoms with van der Waals surface area (Å²) in [7, 11) is 0. The Morgan fingerprint density at radius 2 is 1.87 bits per heavy atom. The first kappa shape index (κ1) is 26.7. The van der Waals surface area contributed by atoms with Crippen molar-refractivity contribution in [2.45, 2.75) is 85.7 Å². The highest BCUT2D eigenvalue weighted by Crippen LogP contribution is 2.28. The van der Waals surface area contributed by atoms with Crippen LogP contribution < -0.4 is 5.32 Å². The van der Waals surface area contributed by atoms with E-state index >= 15 is 0 Å². The first-order chi connectivity index (χ1) is 14.4. The summed E-state index contributed by atoms with van der Waals surface area (Å²) in [6.07, 6.45) is 11.5. The third kappa shape index (κ3) is 8.81. The molecule has 0 fully saturated rings. The lowest BCUT2D eigenvalue weighted by molar-refractivity contribution is -0.126. The molecule has 0 bridgehead atoms. The van der Waals surface area contributed by atoms with Gasteiger partial charge in [-0.15, -0.1) is 0 Å². The molecule has 5 heteroatoms. The lowest BCUT2D eigenvalue weighted by Crippen LogP contribution is -2.44. The van der Waals surface area contributed by atoms with Crippen LogP contribution in [0.3, 0.4) is 0 Å². The number of carbonyl (C=O) groups excluding carboxylic acids is 1. The van der Waals surface area contributed by atoms with Gasteiger partial charge in [0, 0.05) is 24.5 Å². The topological polar surface area (TPSA) is 61.8 Å². The monoisotopic (exact) mass is 422 g/mol. The molecule has 0 saturated carbocycles. The van der Waals surface area contributed by atoms with Crippen molar-refractivity contribution >= 4 is 5.91 Å². The average molecular weight is 423 g/mol. The molecule has 1 aliphatic carbocycles. The van der Waals surface area contributed by atoms with Crippen LogP contribution in [0.1, 0.15) is 73.6 Å². The van der Waals surface area contributed by atoms with Gasteiger partial charge in [0.25, 0.3) is 0 Å². The molecule has 30 heavy (non-hydrogen) atoms. The molecule has 0 radical (unpaired) electrons. The van der Waals surface area contributed by atoms with E-state index in [1.807, 2.05) is 6.08 Å². The van der Waals surface area contributed by atoms with Crippen molar-refractivity contribution in [1.82, 2.24) is 10.2 Å². The largest absolute Gasteiger partial charge is 0.492 e. The smallest absolute Gasteiger partial charge is 0.223 e. The van der Waals surface area contributed by atoms with Crippen LogP contribution in [-0.2, 0) is 9.53 Å². The normalized spacial score (nSPS) is 20.9. The summed E-state index contributed by atoms with van der Waals surface area (Å²) < 4.78 is 5.56. The minimum Gasteiger partial charge on any atom is -0.492 e. The van der Waals surface area contributed by atoms with Crippen LogP contribution in [0, 0.1) is 17.8 Å². The van der Waals surface area contributed by atoms with Gasteiger partial charge in [-0.05, 0) is 63.6 Å². The molecule has 2 N–H and O–H groups in total. The molecular weight excluding hydrogens is 376 g/mol. The van der Waals surface area contributed by atoms with E-state index in [4.69, 9.17) is 9.84 Å². The van der Waals surface area contributed by atoms with E-state index in [0.29, 0.717) is 24.5 Å². The quantitative estimate of drug-likeness (QED) is 0.407. The lowest BCUT2D eigenvalue weighted by atomic mass is 9.83. The molecule has 5 nitrogen and oxygen atoms in total. The minimum atomic E-state index is 0.0371. The van der Waals surface area contributed by atoms with Crippen LogP contribution in [0.25, 0.3) is 0 Å². The lowest BCUT2D eigenvalue weighted by Gasteiger charge is -2.37. The van der Waals surface area contributed by atoms with E-state index in [-0.39, 0.29) is 24.5 Å². The van der Waals surface area contributed by atoms with Gasteiger partial charge in [-0.25, -0.2) is 0 Å². The van der Waals surface area contributed by atoms with E-state index in [9.17, 15) is 4.79 Å². The molecule has 0 spiro atoms. The van der Waals surface area contributed by atoms with E-state index in [1.165, 1.54) is 0 Å². The molecule has 1 rings (SSSR count). The van der Waals surface area contributed by atoms with Crippen molar-refractivity contribution in [2.75, 3.05) is 26.3 Å². The van der Waals surface area contributed by atoms with Crippen LogP contribution >= 0.6 is 0 Å². The number of aliphatic hydroxyl groups excluding tert-OH is 1. The van der Waals surface area contributed by atoms with Crippen molar-refractivity contribution in [1.29, 1.82) is 0 Å². The molecule has 0 aliphatic heterocycles. The van der Waals surface area contributed by atoms with Gasteiger partial charge < -0.3 is 20.1 Å². The van der Waals surface area contributed by atoms with Gasteiger partial charge in [-0.1, -0.05) is 46.6 Å². The highest BCUT2D eigenvalue weighted by atomic mass is 16.5. The molecule has 0 aromatic rings. The molecule has 4 unspecified atom stereocenters. The Morgan fingerprint density at radius 3 is 2.40 bits per heavy atom. The Morgan fingerprint density at radius 1 is 1.20 bits per heavy atom. The first-order valence-electron chi connectivity index (χ1n) is 12.1.